The smallest absolute Gasteiger partial charge is 0.182 e. The molecule has 0 radical (unpaired) electrons. The molecule has 1 nitrogen and oxygen atoms in total. The summed E-state index contributed by atoms with van der Waals surface area (Å²) in [6, 6.07) is 14.4. The summed E-state index contributed by atoms with van der Waals surface area (Å²) >= 11 is 12.3. The molecule has 0 bridgehead atoms. The van der Waals surface area contributed by atoms with E-state index in [2.05, 4.69) is 0 Å². The molecule has 0 saturated heterocycles. The number of benzene rings is 2. The quantitative estimate of drug-likeness (QED) is 0.595. The fourth-order valence-corrected chi connectivity index (χ4v) is 2.24. The third kappa shape index (κ3) is 3.34. The van der Waals surface area contributed by atoms with E-state index >= 15 is 0 Å². The van der Waals surface area contributed by atoms with E-state index in [0.717, 1.165) is 5.56 Å². The minimum absolute atomic E-state index is 0.314. The number of Topliss-reactive ketones (excluding diaryl/α,β-unsaturated/α-hetero) is 1. The van der Waals surface area contributed by atoms with Crippen molar-refractivity contribution in [3.63, 3.8) is 0 Å². The number of carbonyl (C=O) groups excluding carboxylic acids is 1. The van der Waals surface area contributed by atoms with Crippen LogP contribution in [0.5, 0.6) is 0 Å². The first-order valence-electron chi connectivity index (χ1n) is 5.72. The van der Waals surface area contributed by atoms with Crippen molar-refractivity contribution in [3.8, 4) is 0 Å². The maximum absolute atomic E-state index is 12.8. The molecule has 0 aromatic heterocycles. The lowest BCUT2D eigenvalue weighted by molar-refractivity contribution is 0.0985. The topological polar surface area (TPSA) is 17.1 Å². The Morgan fingerprint density at radius 3 is 2.11 bits per heavy atom. The van der Waals surface area contributed by atoms with Gasteiger partial charge in [0.15, 0.2) is 5.78 Å². The maximum Gasteiger partial charge on any atom is 0.182 e. The van der Waals surface area contributed by atoms with Crippen LogP contribution in [0.3, 0.4) is 0 Å². The van der Waals surface area contributed by atoms with Gasteiger partial charge in [-0.25, -0.2) is 4.39 Å². The van der Waals surface area contributed by atoms with Crippen LogP contribution < -0.4 is 0 Å². The Kier molecular flexibility index (Phi) is 4.56. The van der Waals surface area contributed by atoms with E-state index in [-0.39, 0.29) is 5.78 Å². The number of halogens is 3. The molecule has 0 N–H and O–H groups in total. The molecule has 2 atom stereocenters. The van der Waals surface area contributed by atoms with Crippen LogP contribution in [-0.2, 0) is 0 Å². The maximum atomic E-state index is 12.8. The molecule has 4 heteroatoms. The standard InChI is InChI=1S/C15H11Cl2FO/c16-13(10-4-2-1-3-5-10)14(17)15(19)11-6-8-12(18)9-7-11/h1-9,13-14H/t13-,14-/m1/s1. The first kappa shape index (κ1) is 14.0. The van der Waals surface area contributed by atoms with Gasteiger partial charge in [0.1, 0.15) is 11.2 Å². The summed E-state index contributed by atoms with van der Waals surface area (Å²) in [6.45, 7) is 0. The van der Waals surface area contributed by atoms with Gasteiger partial charge in [0.25, 0.3) is 0 Å². The third-order valence-electron chi connectivity index (χ3n) is 2.75. The molecular weight excluding hydrogens is 286 g/mol. The van der Waals surface area contributed by atoms with E-state index in [4.69, 9.17) is 23.2 Å². The van der Waals surface area contributed by atoms with E-state index in [0.29, 0.717) is 5.56 Å². The van der Waals surface area contributed by atoms with Crippen molar-refractivity contribution in [1.29, 1.82) is 0 Å². The molecule has 19 heavy (non-hydrogen) atoms. The average molecular weight is 297 g/mol. The van der Waals surface area contributed by atoms with E-state index < -0.39 is 16.6 Å². The molecule has 2 aromatic carbocycles. The normalized spacial score (nSPS) is 13.8. The van der Waals surface area contributed by atoms with Gasteiger partial charge in [-0.2, -0.15) is 0 Å². The number of alkyl halides is 2. The van der Waals surface area contributed by atoms with Gasteiger partial charge in [-0.3, -0.25) is 4.79 Å². The lowest BCUT2D eigenvalue weighted by Gasteiger charge is -2.15. The second-order valence-electron chi connectivity index (χ2n) is 4.09. The predicted octanol–water partition coefficient (Wildman–Crippen LogP) is 4.60. The monoisotopic (exact) mass is 296 g/mol. The van der Waals surface area contributed by atoms with Gasteiger partial charge in [-0.1, -0.05) is 30.3 Å². The van der Waals surface area contributed by atoms with E-state index in [9.17, 15) is 9.18 Å². The molecule has 0 aliphatic heterocycles. The van der Waals surface area contributed by atoms with Crippen LogP contribution >= 0.6 is 23.2 Å². The summed E-state index contributed by atoms with van der Waals surface area (Å²) in [5.41, 5.74) is 1.13. The number of carbonyl (C=O) groups is 1. The molecule has 0 spiro atoms. The number of rotatable bonds is 4. The Hall–Kier alpha value is -1.38. The summed E-state index contributed by atoms with van der Waals surface area (Å²) in [5, 5.41) is -1.52. The van der Waals surface area contributed by atoms with E-state index in [1.54, 1.807) is 0 Å². The van der Waals surface area contributed by atoms with Crippen LogP contribution in [0.1, 0.15) is 21.3 Å². The average Bonchev–Trinajstić information content (AvgIpc) is 2.46. The van der Waals surface area contributed by atoms with Gasteiger partial charge in [0, 0.05) is 5.56 Å². The molecule has 0 amide bonds. The molecule has 0 aliphatic rings. The van der Waals surface area contributed by atoms with Gasteiger partial charge >= 0.3 is 0 Å². The Balaban J connectivity index is 2.17. The molecule has 2 aromatic rings. The molecule has 98 valence electrons. The van der Waals surface area contributed by atoms with Crippen LogP contribution in [0.2, 0.25) is 0 Å². The highest BCUT2D eigenvalue weighted by molar-refractivity contribution is 6.39. The Morgan fingerprint density at radius 1 is 0.947 bits per heavy atom. The minimum atomic E-state index is -0.894. The van der Waals surface area contributed by atoms with Crippen molar-refractivity contribution in [3.05, 3.63) is 71.5 Å². The number of ketones is 1. The molecule has 2 rings (SSSR count). The lowest BCUT2D eigenvalue weighted by Crippen LogP contribution is -2.20. The van der Waals surface area contributed by atoms with Gasteiger partial charge < -0.3 is 0 Å². The van der Waals surface area contributed by atoms with Crippen LogP contribution in [0.4, 0.5) is 4.39 Å². The van der Waals surface area contributed by atoms with Crippen LogP contribution in [0.15, 0.2) is 54.6 Å². The van der Waals surface area contributed by atoms with Gasteiger partial charge in [-0.15, -0.1) is 23.2 Å². The fraction of sp³-hybridized carbons (Fsp3) is 0.133. The van der Waals surface area contributed by atoms with Crippen LogP contribution in [0, 0.1) is 5.82 Å². The summed E-state index contributed by atoms with van der Waals surface area (Å²) in [5.74, 6) is -0.710. The first-order valence-corrected chi connectivity index (χ1v) is 6.60. The molecule has 0 heterocycles. The van der Waals surface area contributed by atoms with Crippen molar-refractivity contribution in [2.45, 2.75) is 10.8 Å². The highest BCUT2D eigenvalue weighted by atomic mass is 35.5. The Morgan fingerprint density at radius 2 is 1.53 bits per heavy atom. The Bertz CT molecular complexity index is 554. The molecule has 0 unspecified atom stereocenters. The van der Waals surface area contributed by atoms with Gasteiger partial charge in [0.05, 0.1) is 5.38 Å². The highest BCUT2D eigenvalue weighted by Gasteiger charge is 2.26. The lowest BCUT2D eigenvalue weighted by atomic mass is 10.0. The summed E-state index contributed by atoms with van der Waals surface area (Å²) in [6.07, 6.45) is 0. The summed E-state index contributed by atoms with van der Waals surface area (Å²) in [7, 11) is 0. The van der Waals surface area contributed by atoms with Crippen LogP contribution in [0.25, 0.3) is 0 Å². The van der Waals surface area contributed by atoms with Gasteiger partial charge in [0.2, 0.25) is 0 Å². The van der Waals surface area contributed by atoms with Gasteiger partial charge in [-0.05, 0) is 29.8 Å². The second-order valence-corrected chi connectivity index (χ2v) is 5.03. The zero-order chi connectivity index (χ0) is 13.8. The number of hydrogen-bond donors (Lipinski definition) is 0. The number of hydrogen-bond acceptors (Lipinski definition) is 1. The first-order chi connectivity index (χ1) is 9.09. The minimum Gasteiger partial charge on any atom is -0.292 e. The SMILES string of the molecule is O=C(c1ccc(F)cc1)[C@H](Cl)[C@H](Cl)c1ccccc1. The van der Waals surface area contributed by atoms with Crippen molar-refractivity contribution in [1.82, 2.24) is 0 Å². The molecule has 0 aliphatic carbocycles. The molecular formula is C15H11Cl2FO. The zero-order valence-electron chi connectivity index (χ0n) is 9.89. The van der Waals surface area contributed by atoms with Crippen molar-refractivity contribution < 1.29 is 9.18 Å². The zero-order valence-corrected chi connectivity index (χ0v) is 11.4. The van der Waals surface area contributed by atoms with Crippen molar-refractivity contribution in [2.24, 2.45) is 0 Å². The predicted molar refractivity (Wildman–Crippen MR) is 75.4 cm³/mol. The Labute approximate surface area is 121 Å². The molecule has 0 saturated carbocycles. The molecule has 0 fully saturated rings. The largest absolute Gasteiger partial charge is 0.292 e. The summed E-state index contributed by atoms with van der Waals surface area (Å²) < 4.78 is 12.8. The summed E-state index contributed by atoms with van der Waals surface area (Å²) in [4.78, 5) is 12.1. The van der Waals surface area contributed by atoms with Crippen LogP contribution in [-0.4, -0.2) is 11.2 Å². The van der Waals surface area contributed by atoms with E-state index in [1.807, 2.05) is 30.3 Å². The fourth-order valence-electron chi connectivity index (χ4n) is 1.71. The second kappa shape index (κ2) is 6.18. The highest BCUT2D eigenvalue weighted by Crippen LogP contribution is 2.30. The van der Waals surface area contributed by atoms with Crippen molar-refractivity contribution in [2.75, 3.05) is 0 Å². The van der Waals surface area contributed by atoms with E-state index in [1.165, 1.54) is 24.3 Å². The van der Waals surface area contributed by atoms with Crippen molar-refractivity contribution >= 4 is 29.0 Å². The third-order valence-corrected chi connectivity index (χ3v) is 3.84.